The normalized spacial score (nSPS) is 10.7. The largest absolute Gasteiger partial charge is 0.507 e. The molecule has 0 bridgehead atoms. The molecule has 0 aromatic heterocycles. The molecule has 1 N–H and O–H groups in total. The first-order chi connectivity index (χ1) is 7.08. The lowest BCUT2D eigenvalue weighted by molar-refractivity contribution is 0.112. The van der Waals surface area contributed by atoms with Gasteiger partial charge in [-0.1, -0.05) is 19.9 Å². The molecule has 1 aromatic rings. The average molecular weight is 224 g/mol. The summed E-state index contributed by atoms with van der Waals surface area (Å²) in [6.45, 7) is 4.24. The highest BCUT2D eigenvalue weighted by Crippen LogP contribution is 2.25. The quantitative estimate of drug-likeness (QED) is 0.609. The lowest BCUT2D eigenvalue weighted by atomic mass is 9.98. The van der Waals surface area contributed by atoms with Crippen molar-refractivity contribution in [2.75, 3.05) is 0 Å². The van der Waals surface area contributed by atoms with Crippen LogP contribution in [0, 0.1) is 5.92 Å². The van der Waals surface area contributed by atoms with E-state index in [2.05, 4.69) is 26.5 Å². The Labute approximate surface area is 95.7 Å². The molecule has 0 amide bonds. The van der Waals surface area contributed by atoms with Crippen LogP contribution in [0.25, 0.3) is 0 Å². The zero-order valence-corrected chi connectivity index (χ0v) is 9.92. The maximum absolute atomic E-state index is 10.7. The summed E-state index contributed by atoms with van der Waals surface area (Å²) in [7, 11) is 0. The van der Waals surface area contributed by atoms with E-state index in [0.717, 1.165) is 17.5 Å². The Morgan fingerprint density at radius 3 is 2.60 bits per heavy atom. The zero-order valence-electron chi connectivity index (χ0n) is 9.03. The summed E-state index contributed by atoms with van der Waals surface area (Å²) in [4.78, 5) is 10.7. The summed E-state index contributed by atoms with van der Waals surface area (Å²) < 4.78 is 0. The maximum Gasteiger partial charge on any atom is 0.153 e. The lowest BCUT2D eigenvalue weighted by Gasteiger charge is -2.10. The van der Waals surface area contributed by atoms with Gasteiger partial charge in [-0.2, -0.15) is 12.6 Å². The van der Waals surface area contributed by atoms with Gasteiger partial charge >= 0.3 is 0 Å². The first-order valence-corrected chi connectivity index (χ1v) is 5.62. The Hall–Kier alpha value is -0.960. The molecule has 1 rings (SSSR count). The smallest absolute Gasteiger partial charge is 0.153 e. The summed E-state index contributed by atoms with van der Waals surface area (Å²) in [5.74, 6) is 1.04. The molecule has 0 aliphatic carbocycles. The fourth-order valence-corrected chi connectivity index (χ4v) is 1.83. The van der Waals surface area contributed by atoms with Gasteiger partial charge in [-0.3, -0.25) is 4.79 Å². The minimum Gasteiger partial charge on any atom is -0.507 e. The molecule has 0 fully saturated rings. The fraction of sp³-hybridized carbons (Fsp3) is 0.417. The van der Waals surface area contributed by atoms with Crippen molar-refractivity contribution < 1.29 is 9.90 Å². The monoisotopic (exact) mass is 224 g/mol. The molecule has 2 nitrogen and oxygen atoms in total. The first kappa shape index (κ1) is 12.1. The van der Waals surface area contributed by atoms with E-state index in [1.165, 1.54) is 0 Å². The molecular formula is C12H16O2S. The summed E-state index contributed by atoms with van der Waals surface area (Å²) in [6, 6.07) is 3.66. The Morgan fingerprint density at radius 2 is 2.13 bits per heavy atom. The van der Waals surface area contributed by atoms with Crippen molar-refractivity contribution in [3.63, 3.8) is 0 Å². The zero-order chi connectivity index (χ0) is 11.4. The highest BCUT2D eigenvalue weighted by molar-refractivity contribution is 7.79. The van der Waals surface area contributed by atoms with Crippen LogP contribution in [0.4, 0.5) is 0 Å². The molecule has 0 radical (unpaired) electrons. The third-order valence-corrected chi connectivity index (χ3v) is 2.56. The second-order valence-electron chi connectivity index (χ2n) is 4.07. The van der Waals surface area contributed by atoms with Crippen LogP contribution in [0.1, 0.15) is 35.3 Å². The van der Waals surface area contributed by atoms with Crippen LogP contribution in [0.2, 0.25) is 0 Å². The molecule has 0 unspecified atom stereocenters. The van der Waals surface area contributed by atoms with Crippen LogP contribution >= 0.6 is 12.6 Å². The van der Waals surface area contributed by atoms with Gasteiger partial charge in [-0.05, 0) is 24.0 Å². The minimum absolute atomic E-state index is 0.0625. The molecule has 0 saturated carbocycles. The van der Waals surface area contributed by atoms with Gasteiger partial charge in [0.15, 0.2) is 6.29 Å². The Morgan fingerprint density at radius 1 is 1.47 bits per heavy atom. The second kappa shape index (κ2) is 5.21. The topological polar surface area (TPSA) is 37.3 Å². The molecule has 0 spiro atoms. The molecule has 0 aliphatic rings. The van der Waals surface area contributed by atoms with E-state index in [0.29, 0.717) is 23.5 Å². The molecule has 0 aliphatic heterocycles. The van der Waals surface area contributed by atoms with Gasteiger partial charge in [0.1, 0.15) is 5.75 Å². The van der Waals surface area contributed by atoms with Crippen molar-refractivity contribution in [2.45, 2.75) is 26.0 Å². The number of phenols is 1. The highest BCUT2D eigenvalue weighted by atomic mass is 32.1. The highest BCUT2D eigenvalue weighted by Gasteiger charge is 2.09. The Bertz CT molecular complexity index is 359. The number of carbonyl (C=O) groups excluding carboxylic acids is 1. The fourth-order valence-electron chi connectivity index (χ4n) is 1.59. The maximum atomic E-state index is 10.7. The van der Waals surface area contributed by atoms with Gasteiger partial charge in [0.2, 0.25) is 0 Å². The predicted molar refractivity (Wildman–Crippen MR) is 64.7 cm³/mol. The van der Waals surface area contributed by atoms with E-state index in [9.17, 15) is 9.90 Å². The Balaban J connectivity index is 3.14. The molecule has 0 saturated heterocycles. The number of aromatic hydroxyl groups is 1. The van der Waals surface area contributed by atoms with E-state index in [-0.39, 0.29) is 5.75 Å². The van der Waals surface area contributed by atoms with Crippen LogP contribution in [0.15, 0.2) is 12.1 Å². The summed E-state index contributed by atoms with van der Waals surface area (Å²) in [6.07, 6.45) is 1.59. The molecule has 3 heteroatoms. The van der Waals surface area contributed by atoms with E-state index in [1.807, 2.05) is 6.07 Å². The molecule has 0 heterocycles. The predicted octanol–water partition coefficient (Wildman–Crippen LogP) is 2.83. The van der Waals surface area contributed by atoms with E-state index >= 15 is 0 Å². The summed E-state index contributed by atoms with van der Waals surface area (Å²) >= 11 is 4.13. The second-order valence-corrected chi connectivity index (χ2v) is 4.38. The molecular weight excluding hydrogens is 208 g/mol. The molecule has 1 aromatic carbocycles. The van der Waals surface area contributed by atoms with Crippen molar-refractivity contribution in [1.29, 1.82) is 0 Å². The number of benzene rings is 1. The van der Waals surface area contributed by atoms with Gasteiger partial charge in [0, 0.05) is 11.3 Å². The van der Waals surface area contributed by atoms with E-state index in [4.69, 9.17) is 0 Å². The number of carbonyl (C=O) groups is 1. The van der Waals surface area contributed by atoms with Crippen molar-refractivity contribution in [2.24, 2.45) is 5.92 Å². The van der Waals surface area contributed by atoms with Crippen LogP contribution in [-0.4, -0.2) is 11.4 Å². The van der Waals surface area contributed by atoms with Crippen molar-refractivity contribution in [3.05, 3.63) is 28.8 Å². The number of phenolic OH excluding ortho intramolecular Hbond substituents is 1. The number of hydrogen-bond donors (Lipinski definition) is 2. The van der Waals surface area contributed by atoms with Crippen molar-refractivity contribution >= 4 is 18.9 Å². The summed E-state index contributed by atoms with van der Waals surface area (Å²) in [5, 5.41) is 9.67. The molecule has 15 heavy (non-hydrogen) atoms. The van der Waals surface area contributed by atoms with Crippen molar-refractivity contribution in [3.8, 4) is 5.75 Å². The molecule has 0 atom stereocenters. The third-order valence-electron chi connectivity index (χ3n) is 2.22. The minimum atomic E-state index is 0.0625. The van der Waals surface area contributed by atoms with Gasteiger partial charge in [0.25, 0.3) is 0 Å². The van der Waals surface area contributed by atoms with Crippen LogP contribution < -0.4 is 0 Å². The lowest BCUT2D eigenvalue weighted by Crippen LogP contribution is -1.97. The van der Waals surface area contributed by atoms with Gasteiger partial charge in [-0.15, -0.1) is 0 Å². The van der Waals surface area contributed by atoms with Gasteiger partial charge < -0.3 is 5.11 Å². The standard InChI is InChI=1S/C12H16O2S/c1-8(2)3-9-4-10(6-13)12(14)11(5-9)7-15/h4-6,8,14-15H,3,7H2,1-2H3. The number of hydrogen-bond acceptors (Lipinski definition) is 3. The van der Waals surface area contributed by atoms with Gasteiger partial charge in [-0.25, -0.2) is 0 Å². The number of thiol groups is 1. The van der Waals surface area contributed by atoms with Crippen LogP contribution in [0.5, 0.6) is 5.75 Å². The van der Waals surface area contributed by atoms with Crippen molar-refractivity contribution in [1.82, 2.24) is 0 Å². The van der Waals surface area contributed by atoms with Gasteiger partial charge in [0.05, 0.1) is 5.56 Å². The number of rotatable bonds is 4. The van der Waals surface area contributed by atoms with Crippen LogP contribution in [0.3, 0.4) is 0 Å². The molecule has 82 valence electrons. The Kier molecular flexibility index (Phi) is 4.21. The summed E-state index contributed by atoms with van der Waals surface area (Å²) in [5.41, 5.74) is 2.16. The van der Waals surface area contributed by atoms with Crippen LogP contribution in [-0.2, 0) is 12.2 Å². The van der Waals surface area contributed by atoms with E-state index in [1.54, 1.807) is 6.07 Å². The first-order valence-electron chi connectivity index (χ1n) is 4.99. The third kappa shape index (κ3) is 2.99. The van der Waals surface area contributed by atoms with E-state index < -0.39 is 0 Å². The SMILES string of the molecule is CC(C)Cc1cc(C=O)c(O)c(CS)c1. The average Bonchev–Trinajstić information content (AvgIpc) is 2.19. The number of aldehydes is 1.